The lowest BCUT2D eigenvalue weighted by molar-refractivity contribution is 0.483. The Bertz CT molecular complexity index is 3510. The standard InChI is InChI=1S/C68H72N4O/c1-64(2,3)50-30-23-31-53(40-50)70-45-71(63(68(12,13)49-28-21-16-22-29-49)62(70)67(10,11)48-26-19-15-20-27-48)54-38-47(46-24-17-14-18-25-46)39-56(43-54)73-55-33-34-57-58-41-51(65(4,5)6)32-35-59(58)72(60(57)44-55)61-42-52(36-37-69-61)66(7,8)9/h14-44H,45H2,1-13H3. The Balaban J connectivity index is 1.19. The van der Waals surface area contributed by atoms with Crippen LogP contribution in [-0.2, 0) is 27.1 Å². The molecule has 0 aliphatic carbocycles. The number of nitrogens with zero attached hydrogens (tertiary/aromatic N) is 4. The molecule has 0 N–H and O–H groups in total. The number of anilines is 2. The van der Waals surface area contributed by atoms with Gasteiger partial charge in [-0.15, -0.1) is 0 Å². The first-order valence-corrected chi connectivity index (χ1v) is 26.0. The van der Waals surface area contributed by atoms with Crippen molar-refractivity contribution in [1.29, 1.82) is 0 Å². The Morgan fingerprint density at radius 3 is 1.53 bits per heavy atom. The molecule has 0 atom stereocenters. The highest BCUT2D eigenvalue weighted by molar-refractivity contribution is 6.10. The van der Waals surface area contributed by atoms with Crippen molar-refractivity contribution in [3.8, 4) is 28.4 Å². The van der Waals surface area contributed by atoms with Gasteiger partial charge in [-0.25, -0.2) is 4.98 Å². The Labute approximate surface area is 434 Å². The topological polar surface area (TPSA) is 33.5 Å². The molecule has 0 saturated heterocycles. The maximum Gasteiger partial charge on any atom is 0.137 e. The Morgan fingerprint density at radius 1 is 0.384 bits per heavy atom. The normalized spacial score (nSPS) is 13.9. The van der Waals surface area contributed by atoms with E-state index in [4.69, 9.17) is 9.72 Å². The molecule has 0 unspecified atom stereocenters. The van der Waals surface area contributed by atoms with Crippen LogP contribution in [0.25, 0.3) is 38.8 Å². The van der Waals surface area contributed by atoms with Crippen LogP contribution in [0.3, 0.4) is 0 Å². The van der Waals surface area contributed by atoms with Crippen molar-refractivity contribution in [1.82, 2.24) is 9.55 Å². The van der Waals surface area contributed by atoms with Gasteiger partial charge in [-0.3, -0.25) is 4.57 Å². The van der Waals surface area contributed by atoms with Gasteiger partial charge in [-0.05, 0) is 116 Å². The maximum atomic E-state index is 7.24. The van der Waals surface area contributed by atoms with E-state index in [0.29, 0.717) is 6.67 Å². The molecule has 0 bridgehead atoms. The molecule has 370 valence electrons. The van der Waals surface area contributed by atoms with E-state index in [0.717, 1.165) is 50.6 Å². The first-order chi connectivity index (χ1) is 34.6. The van der Waals surface area contributed by atoms with Gasteiger partial charge >= 0.3 is 0 Å². The number of benzene rings is 7. The highest BCUT2D eigenvalue weighted by Crippen LogP contribution is 2.51. The SMILES string of the molecule is CC(C)(C)c1cccc(N2CN(c3cc(Oc4ccc5c6cc(C(C)(C)C)ccc6n(-c6cc(C(C)(C)C)ccn6)c5c4)cc(-c4ccccc4)c3)C(C(C)(C)c3ccccc3)=C2C(C)(C)c2ccccc2)c1. The van der Waals surface area contributed by atoms with Crippen molar-refractivity contribution in [2.24, 2.45) is 0 Å². The summed E-state index contributed by atoms with van der Waals surface area (Å²) in [5, 5.41) is 2.36. The van der Waals surface area contributed by atoms with E-state index in [-0.39, 0.29) is 16.2 Å². The molecule has 7 aromatic carbocycles. The molecule has 2 aromatic heterocycles. The van der Waals surface area contributed by atoms with Gasteiger partial charge in [0.25, 0.3) is 0 Å². The number of ether oxygens (including phenoxy) is 1. The van der Waals surface area contributed by atoms with Gasteiger partial charge in [-0.1, -0.05) is 199 Å². The van der Waals surface area contributed by atoms with Crippen LogP contribution >= 0.6 is 0 Å². The van der Waals surface area contributed by atoms with Gasteiger partial charge in [0.05, 0.1) is 29.1 Å². The summed E-state index contributed by atoms with van der Waals surface area (Å²) in [6.07, 6.45) is 1.95. The van der Waals surface area contributed by atoms with Gasteiger partial charge < -0.3 is 14.5 Å². The smallest absolute Gasteiger partial charge is 0.137 e. The number of rotatable bonds is 10. The molecule has 0 fully saturated rings. The minimum Gasteiger partial charge on any atom is -0.457 e. The highest BCUT2D eigenvalue weighted by Gasteiger charge is 2.46. The lowest BCUT2D eigenvalue weighted by atomic mass is 9.73. The summed E-state index contributed by atoms with van der Waals surface area (Å²) < 4.78 is 9.55. The second-order valence-corrected chi connectivity index (χ2v) is 24.3. The first kappa shape index (κ1) is 49.2. The fourth-order valence-corrected chi connectivity index (χ4v) is 10.9. The molecule has 0 saturated carbocycles. The molecule has 5 nitrogen and oxygen atoms in total. The Morgan fingerprint density at radius 2 is 0.932 bits per heavy atom. The van der Waals surface area contributed by atoms with E-state index >= 15 is 0 Å². The molecule has 0 spiro atoms. The maximum absolute atomic E-state index is 7.24. The molecule has 9 aromatic rings. The van der Waals surface area contributed by atoms with E-state index < -0.39 is 10.8 Å². The number of pyridine rings is 1. The van der Waals surface area contributed by atoms with Crippen molar-refractivity contribution >= 4 is 33.2 Å². The van der Waals surface area contributed by atoms with Crippen LogP contribution in [0, 0.1) is 0 Å². The van der Waals surface area contributed by atoms with Gasteiger partial charge in [0.1, 0.15) is 17.3 Å². The second kappa shape index (κ2) is 18.3. The average Bonchev–Trinajstić information content (AvgIpc) is 3.94. The zero-order valence-electron chi connectivity index (χ0n) is 45.3. The third kappa shape index (κ3) is 9.35. The van der Waals surface area contributed by atoms with Crippen molar-refractivity contribution in [3.05, 3.63) is 227 Å². The molecular weight excluding hydrogens is 889 g/mol. The molecule has 1 aliphatic rings. The predicted octanol–water partition coefficient (Wildman–Crippen LogP) is 18.0. The quantitative estimate of drug-likeness (QED) is 0.137. The molecule has 10 rings (SSSR count). The lowest BCUT2D eigenvalue weighted by Crippen LogP contribution is -2.34. The van der Waals surface area contributed by atoms with Crippen molar-refractivity contribution < 1.29 is 4.74 Å². The van der Waals surface area contributed by atoms with E-state index in [1.54, 1.807) is 0 Å². The summed E-state index contributed by atoms with van der Waals surface area (Å²) >= 11 is 0. The zero-order valence-corrected chi connectivity index (χ0v) is 45.3. The van der Waals surface area contributed by atoms with Crippen LogP contribution < -0.4 is 14.5 Å². The lowest BCUT2D eigenvalue weighted by Gasteiger charge is -2.38. The second-order valence-electron chi connectivity index (χ2n) is 24.3. The van der Waals surface area contributed by atoms with Gasteiger partial charge in [0.2, 0.25) is 0 Å². The molecule has 73 heavy (non-hydrogen) atoms. The minimum absolute atomic E-state index is 0.0101. The third-order valence-electron chi connectivity index (χ3n) is 15.2. The Kier molecular flexibility index (Phi) is 12.3. The molecule has 1 aliphatic heterocycles. The van der Waals surface area contributed by atoms with Crippen molar-refractivity contribution in [2.45, 2.75) is 117 Å². The van der Waals surface area contributed by atoms with E-state index in [2.05, 4.69) is 286 Å². The number of aromatic nitrogens is 2. The van der Waals surface area contributed by atoms with Crippen LogP contribution in [0.2, 0.25) is 0 Å². The third-order valence-corrected chi connectivity index (χ3v) is 15.2. The summed E-state index contributed by atoms with van der Waals surface area (Å²) in [4.78, 5) is 10.2. The summed E-state index contributed by atoms with van der Waals surface area (Å²) in [7, 11) is 0. The van der Waals surface area contributed by atoms with Gasteiger partial charge in [-0.2, -0.15) is 0 Å². The molecule has 5 heteroatoms. The monoisotopic (exact) mass is 961 g/mol. The van der Waals surface area contributed by atoms with Crippen molar-refractivity contribution in [2.75, 3.05) is 16.5 Å². The van der Waals surface area contributed by atoms with E-state index in [1.165, 1.54) is 50.3 Å². The van der Waals surface area contributed by atoms with Crippen LogP contribution in [0.15, 0.2) is 200 Å². The molecular formula is C68H72N4O. The fourth-order valence-electron chi connectivity index (χ4n) is 10.9. The van der Waals surface area contributed by atoms with Gasteiger partial charge in [0, 0.05) is 51.3 Å². The number of hydrogen-bond acceptors (Lipinski definition) is 4. The van der Waals surface area contributed by atoms with Crippen LogP contribution in [0.1, 0.15) is 118 Å². The van der Waals surface area contributed by atoms with Crippen LogP contribution in [0.5, 0.6) is 11.5 Å². The predicted molar refractivity (Wildman–Crippen MR) is 309 cm³/mol. The summed E-state index contributed by atoms with van der Waals surface area (Å²) in [5.41, 5.74) is 14.5. The van der Waals surface area contributed by atoms with E-state index in [1.807, 2.05) is 6.20 Å². The van der Waals surface area contributed by atoms with Gasteiger partial charge in [0.15, 0.2) is 0 Å². The largest absolute Gasteiger partial charge is 0.457 e. The fraction of sp³-hybridized carbons (Fsp3) is 0.279. The molecule has 3 heterocycles. The highest BCUT2D eigenvalue weighted by atomic mass is 16.5. The summed E-state index contributed by atoms with van der Waals surface area (Å²) in [6.45, 7) is 30.7. The molecule has 0 radical (unpaired) electrons. The Hall–Kier alpha value is -7.37. The van der Waals surface area contributed by atoms with Crippen molar-refractivity contribution in [3.63, 3.8) is 0 Å². The summed E-state index contributed by atoms with van der Waals surface area (Å²) in [5.74, 6) is 2.40. The van der Waals surface area contributed by atoms with Crippen LogP contribution in [-0.4, -0.2) is 16.2 Å². The van der Waals surface area contributed by atoms with E-state index in [9.17, 15) is 0 Å². The minimum atomic E-state index is -0.438. The average molecular weight is 961 g/mol. The summed E-state index contributed by atoms with van der Waals surface area (Å²) in [6, 6.07) is 66.6. The van der Waals surface area contributed by atoms with Crippen LogP contribution in [0.4, 0.5) is 11.4 Å². The number of hydrogen-bond donors (Lipinski definition) is 0. The molecule has 0 amide bonds. The zero-order chi connectivity index (χ0) is 51.7. The number of allylic oxidation sites excluding steroid dienone is 2. The number of fused-ring (bicyclic) bond motifs is 3. The first-order valence-electron chi connectivity index (χ1n) is 26.0.